The van der Waals surface area contributed by atoms with Crippen LogP contribution >= 0.6 is 0 Å². The van der Waals surface area contributed by atoms with Crippen molar-refractivity contribution in [3.63, 3.8) is 0 Å². The molecule has 0 spiro atoms. The van der Waals surface area contributed by atoms with Crippen molar-refractivity contribution in [3.8, 4) is 0 Å². The standard InChI is InChI=1S/C17H27N3O/c1-3-14-6-9-20(10-7-14)11-8-17(21)19-16-5-4-15(18)12-13(16)2/h4-5,12,14H,3,6-11,18H2,1-2H3,(H,19,21). The highest BCUT2D eigenvalue weighted by Crippen LogP contribution is 2.20. The minimum Gasteiger partial charge on any atom is -0.399 e. The molecule has 0 atom stereocenters. The number of nitrogen functional groups attached to an aromatic ring is 1. The third kappa shape index (κ3) is 4.74. The van der Waals surface area contributed by atoms with E-state index in [-0.39, 0.29) is 5.91 Å². The number of carbonyl (C=O) groups is 1. The van der Waals surface area contributed by atoms with Gasteiger partial charge in [-0.2, -0.15) is 0 Å². The quantitative estimate of drug-likeness (QED) is 0.819. The molecule has 1 saturated heterocycles. The molecule has 2 rings (SSSR count). The van der Waals surface area contributed by atoms with Crippen molar-refractivity contribution in [2.45, 2.75) is 39.5 Å². The summed E-state index contributed by atoms with van der Waals surface area (Å²) in [5.74, 6) is 0.966. The summed E-state index contributed by atoms with van der Waals surface area (Å²) < 4.78 is 0. The molecule has 1 amide bonds. The first-order valence-corrected chi connectivity index (χ1v) is 7.96. The Hall–Kier alpha value is -1.55. The predicted molar refractivity (Wildman–Crippen MR) is 88.3 cm³/mol. The molecule has 4 heteroatoms. The van der Waals surface area contributed by atoms with Crippen molar-refractivity contribution in [2.24, 2.45) is 5.92 Å². The van der Waals surface area contributed by atoms with Crippen molar-refractivity contribution in [2.75, 3.05) is 30.7 Å². The van der Waals surface area contributed by atoms with Gasteiger partial charge >= 0.3 is 0 Å². The van der Waals surface area contributed by atoms with Crippen molar-refractivity contribution in [3.05, 3.63) is 23.8 Å². The number of aryl methyl sites for hydroxylation is 1. The molecule has 1 aromatic rings. The lowest BCUT2D eigenvalue weighted by molar-refractivity contribution is -0.116. The molecule has 0 saturated carbocycles. The van der Waals surface area contributed by atoms with Crippen LogP contribution in [0.25, 0.3) is 0 Å². The number of hydrogen-bond donors (Lipinski definition) is 2. The Balaban J connectivity index is 1.75. The highest BCUT2D eigenvalue weighted by Gasteiger charge is 2.18. The van der Waals surface area contributed by atoms with Gasteiger partial charge in [-0.05, 0) is 62.5 Å². The number of nitrogens with zero attached hydrogens (tertiary/aromatic N) is 1. The molecule has 116 valence electrons. The van der Waals surface area contributed by atoms with Crippen LogP contribution in [0.5, 0.6) is 0 Å². The van der Waals surface area contributed by atoms with Crippen LogP contribution in [0.15, 0.2) is 18.2 Å². The zero-order chi connectivity index (χ0) is 15.2. The highest BCUT2D eigenvalue weighted by atomic mass is 16.1. The average Bonchev–Trinajstić information content (AvgIpc) is 2.48. The first-order chi connectivity index (χ1) is 10.1. The molecule has 3 N–H and O–H groups in total. The van der Waals surface area contributed by atoms with E-state index in [0.717, 1.165) is 42.5 Å². The molecule has 1 fully saturated rings. The van der Waals surface area contributed by atoms with Crippen molar-refractivity contribution >= 4 is 17.3 Å². The molecule has 1 aromatic carbocycles. The third-order valence-electron chi connectivity index (χ3n) is 4.46. The number of nitrogens with two attached hydrogens (primary N) is 1. The molecular weight excluding hydrogens is 262 g/mol. The lowest BCUT2D eigenvalue weighted by atomic mass is 9.94. The number of carbonyl (C=O) groups excluding carboxylic acids is 1. The van der Waals surface area contributed by atoms with Crippen LogP contribution < -0.4 is 11.1 Å². The molecule has 0 aromatic heterocycles. The van der Waals surface area contributed by atoms with Crippen LogP contribution in [0.3, 0.4) is 0 Å². The number of anilines is 2. The molecule has 0 bridgehead atoms. The Bertz CT molecular complexity index is 479. The van der Waals surface area contributed by atoms with E-state index in [4.69, 9.17) is 5.73 Å². The monoisotopic (exact) mass is 289 g/mol. The second kappa shape index (κ2) is 7.46. The normalized spacial score (nSPS) is 16.9. The Labute approximate surface area is 127 Å². The van der Waals surface area contributed by atoms with E-state index in [2.05, 4.69) is 17.1 Å². The summed E-state index contributed by atoms with van der Waals surface area (Å²) in [6, 6.07) is 5.57. The van der Waals surface area contributed by atoms with Gasteiger partial charge in [-0.25, -0.2) is 0 Å². The zero-order valence-electron chi connectivity index (χ0n) is 13.2. The van der Waals surface area contributed by atoms with Crippen molar-refractivity contribution in [1.29, 1.82) is 0 Å². The largest absolute Gasteiger partial charge is 0.399 e. The number of piperidine rings is 1. The Morgan fingerprint density at radius 2 is 2.10 bits per heavy atom. The van der Waals surface area contributed by atoms with Gasteiger partial charge in [0.15, 0.2) is 0 Å². The first kappa shape index (κ1) is 15.8. The van der Waals surface area contributed by atoms with Gasteiger partial charge in [-0.3, -0.25) is 4.79 Å². The summed E-state index contributed by atoms with van der Waals surface area (Å²) in [7, 11) is 0. The van der Waals surface area contributed by atoms with E-state index >= 15 is 0 Å². The van der Waals surface area contributed by atoms with Gasteiger partial charge in [0.2, 0.25) is 5.91 Å². The highest BCUT2D eigenvalue weighted by molar-refractivity contribution is 5.91. The maximum absolute atomic E-state index is 12.0. The van der Waals surface area contributed by atoms with Crippen LogP contribution in [0.4, 0.5) is 11.4 Å². The number of hydrogen-bond acceptors (Lipinski definition) is 3. The Kier molecular flexibility index (Phi) is 5.62. The second-order valence-electron chi connectivity index (χ2n) is 6.07. The maximum Gasteiger partial charge on any atom is 0.225 e. The van der Waals surface area contributed by atoms with E-state index < -0.39 is 0 Å². The maximum atomic E-state index is 12.0. The molecule has 0 aliphatic carbocycles. The van der Waals surface area contributed by atoms with E-state index in [9.17, 15) is 4.79 Å². The van der Waals surface area contributed by atoms with Crippen LogP contribution in [0.2, 0.25) is 0 Å². The van der Waals surface area contributed by atoms with Gasteiger partial charge in [0, 0.05) is 24.3 Å². The molecule has 1 aliphatic heterocycles. The van der Waals surface area contributed by atoms with Gasteiger partial charge in [-0.15, -0.1) is 0 Å². The SMILES string of the molecule is CCC1CCN(CCC(=O)Nc2ccc(N)cc2C)CC1. The lowest BCUT2D eigenvalue weighted by Crippen LogP contribution is -2.35. The molecular formula is C17H27N3O. The fraction of sp³-hybridized carbons (Fsp3) is 0.588. The number of nitrogens with one attached hydrogen (secondary N) is 1. The van der Waals surface area contributed by atoms with E-state index in [1.807, 2.05) is 25.1 Å². The second-order valence-corrected chi connectivity index (χ2v) is 6.07. The summed E-state index contributed by atoms with van der Waals surface area (Å²) in [6.45, 7) is 7.35. The summed E-state index contributed by atoms with van der Waals surface area (Å²) in [5, 5.41) is 2.98. The average molecular weight is 289 g/mol. The van der Waals surface area contributed by atoms with Crippen molar-refractivity contribution in [1.82, 2.24) is 4.90 Å². The predicted octanol–water partition coefficient (Wildman–Crippen LogP) is 3.03. The van der Waals surface area contributed by atoms with Crippen LogP contribution in [-0.2, 0) is 4.79 Å². The zero-order valence-corrected chi connectivity index (χ0v) is 13.2. The van der Waals surface area contributed by atoms with Gasteiger partial charge in [0.1, 0.15) is 0 Å². The molecule has 0 unspecified atom stereocenters. The summed E-state index contributed by atoms with van der Waals surface area (Å²) in [5.41, 5.74) is 8.31. The minimum absolute atomic E-state index is 0.0838. The van der Waals surface area contributed by atoms with Crippen LogP contribution in [-0.4, -0.2) is 30.4 Å². The molecule has 0 radical (unpaired) electrons. The summed E-state index contributed by atoms with van der Waals surface area (Å²) in [6.07, 6.45) is 4.38. The van der Waals surface area contributed by atoms with Gasteiger partial charge in [0.05, 0.1) is 0 Å². The minimum atomic E-state index is 0.0838. The summed E-state index contributed by atoms with van der Waals surface area (Å²) >= 11 is 0. The topological polar surface area (TPSA) is 58.4 Å². The van der Waals surface area contributed by atoms with Crippen LogP contribution in [0.1, 0.15) is 38.2 Å². The first-order valence-electron chi connectivity index (χ1n) is 7.96. The number of amides is 1. The lowest BCUT2D eigenvalue weighted by Gasteiger charge is -2.31. The van der Waals surface area contributed by atoms with Gasteiger partial charge < -0.3 is 16.0 Å². The Morgan fingerprint density at radius 3 is 2.71 bits per heavy atom. The van der Waals surface area contributed by atoms with E-state index in [0.29, 0.717) is 6.42 Å². The molecule has 1 aliphatic rings. The fourth-order valence-corrected chi connectivity index (χ4v) is 2.92. The van der Waals surface area contributed by atoms with E-state index in [1.54, 1.807) is 0 Å². The van der Waals surface area contributed by atoms with Gasteiger partial charge in [-0.1, -0.05) is 13.3 Å². The van der Waals surface area contributed by atoms with Gasteiger partial charge in [0.25, 0.3) is 0 Å². The number of likely N-dealkylation sites (tertiary alicyclic amines) is 1. The summed E-state index contributed by atoms with van der Waals surface area (Å²) in [4.78, 5) is 14.4. The smallest absolute Gasteiger partial charge is 0.225 e. The van der Waals surface area contributed by atoms with E-state index in [1.165, 1.54) is 19.3 Å². The molecule has 4 nitrogen and oxygen atoms in total. The van der Waals surface area contributed by atoms with Crippen molar-refractivity contribution < 1.29 is 4.79 Å². The number of rotatable bonds is 5. The molecule has 1 heterocycles. The fourth-order valence-electron chi connectivity index (χ4n) is 2.92. The molecule has 21 heavy (non-hydrogen) atoms. The Morgan fingerprint density at radius 1 is 1.38 bits per heavy atom. The van der Waals surface area contributed by atoms with Crippen LogP contribution in [0, 0.1) is 12.8 Å². The third-order valence-corrected chi connectivity index (χ3v) is 4.46. The number of benzene rings is 1.